The molecule has 0 spiro atoms. The standard InChI is InChI=1S/C11H23N2O2P/c1-5-6-7-8-9-15-16(14,10-12)13(4)11(2)3/h11H,5-9H2,1-4H3. The van der Waals surface area contributed by atoms with Crippen molar-refractivity contribution < 1.29 is 9.09 Å². The van der Waals surface area contributed by atoms with Crippen molar-refractivity contribution >= 4 is 7.52 Å². The maximum absolute atomic E-state index is 12.1. The molecule has 0 aliphatic carbocycles. The second-order valence-electron chi connectivity index (χ2n) is 4.18. The molecule has 0 saturated heterocycles. The molecular formula is C11H23N2O2P. The van der Waals surface area contributed by atoms with Crippen molar-refractivity contribution in [1.29, 1.82) is 5.26 Å². The fourth-order valence-electron chi connectivity index (χ4n) is 1.21. The quantitative estimate of drug-likeness (QED) is 0.485. The van der Waals surface area contributed by atoms with Gasteiger partial charge in [0.05, 0.1) is 6.61 Å². The van der Waals surface area contributed by atoms with E-state index < -0.39 is 7.52 Å². The minimum absolute atomic E-state index is 0.0427. The van der Waals surface area contributed by atoms with Gasteiger partial charge in [0.2, 0.25) is 0 Å². The van der Waals surface area contributed by atoms with E-state index in [-0.39, 0.29) is 6.04 Å². The summed E-state index contributed by atoms with van der Waals surface area (Å²) in [5, 5.41) is 8.93. The highest BCUT2D eigenvalue weighted by atomic mass is 31.2. The van der Waals surface area contributed by atoms with Gasteiger partial charge in [-0.05, 0) is 27.3 Å². The maximum Gasteiger partial charge on any atom is 0.371 e. The summed E-state index contributed by atoms with van der Waals surface area (Å²) in [5.41, 5.74) is 0. The first-order valence-electron chi connectivity index (χ1n) is 5.87. The lowest BCUT2D eigenvalue weighted by Crippen LogP contribution is -2.23. The normalized spacial score (nSPS) is 15.1. The Labute approximate surface area is 99.1 Å². The molecule has 1 atom stereocenters. The highest BCUT2D eigenvalue weighted by molar-refractivity contribution is 7.61. The van der Waals surface area contributed by atoms with Gasteiger partial charge in [-0.1, -0.05) is 26.2 Å². The van der Waals surface area contributed by atoms with E-state index in [0.717, 1.165) is 25.7 Å². The second kappa shape index (κ2) is 7.84. The summed E-state index contributed by atoms with van der Waals surface area (Å²) >= 11 is 0. The summed E-state index contributed by atoms with van der Waals surface area (Å²) in [5.74, 6) is 1.81. The molecule has 0 bridgehead atoms. The van der Waals surface area contributed by atoms with E-state index in [0.29, 0.717) is 6.61 Å². The van der Waals surface area contributed by atoms with Gasteiger partial charge in [0.1, 0.15) is 0 Å². The largest absolute Gasteiger partial charge is 0.371 e. The van der Waals surface area contributed by atoms with Gasteiger partial charge >= 0.3 is 7.52 Å². The first kappa shape index (κ1) is 15.6. The average Bonchev–Trinajstić information content (AvgIpc) is 2.27. The SMILES string of the molecule is CCCCCCOP(=O)(C#N)N(C)C(C)C. The summed E-state index contributed by atoms with van der Waals surface area (Å²) in [6, 6.07) is 0.0427. The lowest BCUT2D eigenvalue weighted by molar-refractivity contribution is 0.259. The van der Waals surface area contributed by atoms with E-state index in [1.165, 1.54) is 4.67 Å². The third-order valence-corrected chi connectivity index (χ3v) is 4.63. The van der Waals surface area contributed by atoms with E-state index >= 15 is 0 Å². The van der Waals surface area contributed by atoms with E-state index in [1.807, 2.05) is 19.7 Å². The van der Waals surface area contributed by atoms with Crippen LogP contribution in [-0.4, -0.2) is 24.4 Å². The molecule has 0 heterocycles. The van der Waals surface area contributed by atoms with Crippen molar-refractivity contribution in [2.45, 2.75) is 52.5 Å². The zero-order valence-corrected chi connectivity index (χ0v) is 11.7. The summed E-state index contributed by atoms with van der Waals surface area (Å²) in [6.07, 6.45) is 4.24. The van der Waals surface area contributed by atoms with Crippen LogP contribution in [0, 0.1) is 11.1 Å². The number of nitrogens with zero attached hydrogens (tertiary/aromatic N) is 2. The van der Waals surface area contributed by atoms with Crippen LogP contribution in [0.2, 0.25) is 0 Å². The van der Waals surface area contributed by atoms with Crippen molar-refractivity contribution in [1.82, 2.24) is 4.67 Å². The summed E-state index contributed by atoms with van der Waals surface area (Å²) < 4.78 is 18.9. The Morgan fingerprint density at radius 3 is 2.44 bits per heavy atom. The molecule has 16 heavy (non-hydrogen) atoms. The molecule has 0 aromatic heterocycles. The molecule has 0 radical (unpaired) electrons. The van der Waals surface area contributed by atoms with Crippen molar-refractivity contribution in [3.8, 4) is 5.81 Å². The summed E-state index contributed by atoms with van der Waals surface area (Å²) in [6.45, 7) is 6.32. The van der Waals surface area contributed by atoms with Crippen LogP contribution in [0.5, 0.6) is 0 Å². The van der Waals surface area contributed by atoms with E-state index in [9.17, 15) is 4.57 Å². The van der Waals surface area contributed by atoms with Crippen LogP contribution in [0.4, 0.5) is 0 Å². The molecular weight excluding hydrogens is 223 g/mol. The van der Waals surface area contributed by atoms with Crippen LogP contribution in [0.3, 0.4) is 0 Å². The van der Waals surface area contributed by atoms with Crippen LogP contribution < -0.4 is 0 Å². The molecule has 4 nitrogen and oxygen atoms in total. The number of nitriles is 1. The van der Waals surface area contributed by atoms with Gasteiger partial charge in [-0.25, -0.2) is 4.67 Å². The van der Waals surface area contributed by atoms with E-state index in [2.05, 4.69) is 6.92 Å². The Kier molecular flexibility index (Phi) is 7.66. The highest BCUT2D eigenvalue weighted by Gasteiger charge is 2.30. The van der Waals surface area contributed by atoms with E-state index in [4.69, 9.17) is 9.79 Å². The number of rotatable bonds is 8. The first-order chi connectivity index (χ1) is 7.48. The molecule has 0 aromatic carbocycles. The Morgan fingerprint density at radius 2 is 2.00 bits per heavy atom. The van der Waals surface area contributed by atoms with Crippen molar-refractivity contribution in [3.05, 3.63) is 0 Å². The molecule has 0 rings (SSSR count). The predicted molar refractivity (Wildman–Crippen MR) is 66.2 cm³/mol. The van der Waals surface area contributed by atoms with Gasteiger partial charge in [0.15, 0.2) is 5.81 Å². The zero-order valence-electron chi connectivity index (χ0n) is 10.8. The van der Waals surface area contributed by atoms with Gasteiger partial charge in [-0.3, -0.25) is 4.57 Å². The Hall–Kier alpha value is -0.360. The molecule has 0 amide bonds. The molecule has 5 heteroatoms. The minimum atomic E-state index is -3.26. The highest BCUT2D eigenvalue weighted by Crippen LogP contribution is 2.49. The van der Waals surface area contributed by atoms with Gasteiger partial charge in [0.25, 0.3) is 0 Å². The number of hydrogen-bond donors (Lipinski definition) is 0. The Balaban J connectivity index is 4.09. The maximum atomic E-state index is 12.1. The summed E-state index contributed by atoms with van der Waals surface area (Å²) in [7, 11) is -1.59. The lowest BCUT2D eigenvalue weighted by Gasteiger charge is -2.25. The average molecular weight is 246 g/mol. The van der Waals surface area contributed by atoms with Crippen LogP contribution in [-0.2, 0) is 9.09 Å². The van der Waals surface area contributed by atoms with Gasteiger partial charge in [-0.2, -0.15) is 5.26 Å². The molecule has 0 aliphatic heterocycles. The fourth-order valence-corrected chi connectivity index (χ4v) is 2.58. The number of unbranched alkanes of at least 4 members (excludes halogenated alkanes) is 3. The van der Waals surface area contributed by atoms with Gasteiger partial charge in [-0.15, -0.1) is 0 Å². The molecule has 0 aliphatic rings. The van der Waals surface area contributed by atoms with Crippen molar-refractivity contribution in [2.24, 2.45) is 0 Å². The Morgan fingerprint density at radius 1 is 1.38 bits per heavy atom. The number of hydrogen-bond acceptors (Lipinski definition) is 3. The van der Waals surface area contributed by atoms with Gasteiger partial charge in [0, 0.05) is 6.04 Å². The molecule has 0 N–H and O–H groups in total. The monoisotopic (exact) mass is 246 g/mol. The van der Waals surface area contributed by atoms with Crippen LogP contribution in [0.15, 0.2) is 0 Å². The third-order valence-electron chi connectivity index (χ3n) is 2.55. The fraction of sp³-hybridized carbons (Fsp3) is 0.909. The zero-order chi connectivity index (χ0) is 12.6. The van der Waals surface area contributed by atoms with Crippen molar-refractivity contribution in [2.75, 3.05) is 13.7 Å². The molecule has 0 aromatic rings. The molecule has 94 valence electrons. The second-order valence-corrected chi connectivity index (χ2v) is 6.31. The molecule has 0 saturated carbocycles. The molecule has 0 fully saturated rings. The van der Waals surface area contributed by atoms with Crippen LogP contribution >= 0.6 is 7.52 Å². The summed E-state index contributed by atoms with van der Waals surface area (Å²) in [4.78, 5) is 0. The smallest absolute Gasteiger partial charge is 0.307 e. The Bertz CT molecular complexity index is 274. The minimum Gasteiger partial charge on any atom is -0.307 e. The third kappa shape index (κ3) is 5.12. The van der Waals surface area contributed by atoms with Crippen LogP contribution in [0.25, 0.3) is 0 Å². The lowest BCUT2D eigenvalue weighted by atomic mass is 10.2. The van der Waals surface area contributed by atoms with Crippen LogP contribution in [0.1, 0.15) is 46.5 Å². The van der Waals surface area contributed by atoms with E-state index in [1.54, 1.807) is 7.05 Å². The predicted octanol–water partition coefficient (Wildman–Crippen LogP) is 3.60. The topological polar surface area (TPSA) is 53.3 Å². The first-order valence-corrected chi connectivity index (χ1v) is 7.45. The molecule has 1 unspecified atom stereocenters. The van der Waals surface area contributed by atoms with Crippen molar-refractivity contribution in [3.63, 3.8) is 0 Å². The van der Waals surface area contributed by atoms with Gasteiger partial charge < -0.3 is 4.52 Å².